The number of Topliss-reactive ketones (excluding diaryl/α,β-unsaturated/α-hetero) is 1. The van der Waals surface area contributed by atoms with Crippen LogP contribution in [-0.4, -0.2) is 61.8 Å². The Morgan fingerprint density at radius 1 is 1.09 bits per heavy atom. The van der Waals surface area contributed by atoms with Crippen molar-refractivity contribution in [3.63, 3.8) is 0 Å². The van der Waals surface area contributed by atoms with E-state index in [-0.39, 0.29) is 30.6 Å². The molecule has 1 amide bonds. The van der Waals surface area contributed by atoms with Gasteiger partial charge in [0.1, 0.15) is 11.5 Å². The average molecular weight is 470 g/mol. The van der Waals surface area contributed by atoms with Crippen LogP contribution in [0.3, 0.4) is 0 Å². The van der Waals surface area contributed by atoms with E-state index in [4.69, 9.17) is 18.9 Å². The van der Waals surface area contributed by atoms with E-state index >= 15 is 0 Å². The first-order chi connectivity index (χ1) is 16.3. The van der Waals surface area contributed by atoms with Crippen LogP contribution in [0.2, 0.25) is 0 Å². The van der Waals surface area contributed by atoms with Crippen LogP contribution in [0.1, 0.15) is 37.9 Å². The Bertz CT molecular complexity index is 1080. The van der Waals surface area contributed by atoms with Crippen molar-refractivity contribution >= 4 is 17.4 Å². The van der Waals surface area contributed by atoms with Gasteiger partial charge in [-0.05, 0) is 50.6 Å². The lowest BCUT2D eigenvalue weighted by atomic mass is 9.95. The zero-order valence-electron chi connectivity index (χ0n) is 20.2. The number of ether oxygens (including phenoxy) is 4. The predicted molar refractivity (Wildman–Crippen MR) is 127 cm³/mol. The van der Waals surface area contributed by atoms with Crippen LogP contribution in [0.5, 0.6) is 17.2 Å². The van der Waals surface area contributed by atoms with Gasteiger partial charge in [0.2, 0.25) is 0 Å². The first-order valence-electron chi connectivity index (χ1n) is 11.2. The fourth-order valence-electron chi connectivity index (χ4n) is 3.92. The van der Waals surface area contributed by atoms with Crippen LogP contribution in [0.15, 0.2) is 48.0 Å². The summed E-state index contributed by atoms with van der Waals surface area (Å²) in [6.45, 7) is 6.46. The lowest BCUT2D eigenvalue weighted by molar-refractivity contribution is -0.140. The van der Waals surface area contributed by atoms with Crippen LogP contribution in [0.25, 0.3) is 5.76 Å². The van der Waals surface area contributed by atoms with E-state index < -0.39 is 17.7 Å². The van der Waals surface area contributed by atoms with E-state index in [9.17, 15) is 14.7 Å². The molecule has 1 N–H and O–H groups in total. The second-order valence-corrected chi connectivity index (χ2v) is 8.02. The Balaban J connectivity index is 2.17. The predicted octanol–water partition coefficient (Wildman–Crippen LogP) is 3.95. The molecule has 182 valence electrons. The fourth-order valence-corrected chi connectivity index (χ4v) is 3.92. The molecule has 2 aromatic carbocycles. The first kappa shape index (κ1) is 25.1. The summed E-state index contributed by atoms with van der Waals surface area (Å²) in [4.78, 5) is 27.5. The van der Waals surface area contributed by atoms with Crippen LogP contribution < -0.4 is 14.2 Å². The van der Waals surface area contributed by atoms with Crippen molar-refractivity contribution in [3.05, 3.63) is 59.2 Å². The van der Waals surface area contributed by atoms with Gasteiger partial charge in [0.15, 0.2) is 11.5 Å². The maximum atomic E-state index is 13.1. The minimum atomic E-state index is -0.824. The van der Waals surface area contributed by atoms with Crippen LogP contribution in [-0.2, 0) is 14.3 Å². The molecule has 1 saturated heterocycles. The second-order valence-electron chi connectivity index (χ2n) is 8.02. The molecule has 2 aromatic rings. The molecule has 0 saturated carbocycles. The maximum Gasteiger partial charge on any atom is 0.295 e. The van der Waals surface area contributed by atoms with Gasteiger partial charge in [-0.25, -0.2) is 0 Å². The van der Waals surface area contributed by atoms with Gasteiger partial charge in [-0.15, -0.1) is 0 Å². The molecule has 1 aliphatic heterocycles. The standard InChI is InChI=1S/C26H31NO7/c1-6-33-21-15-17(10-11-20(21)32-5)23-22(25(29)26(30)27(23)12-13-31-4)24(28)18-8-7-9-19(14-18)34-16(2)3/h7-11,14-16,23,28H,6,12-13H2,1-5H3/b24-22-. The quantitative estimate of drug-likeness (QED) is 0.320. The molecule has 8 heteroatoms. The summed E-state index contributed by atoms with van der Waals surface area (Å²) in [7, 11) is 3.06. The topological polar surface area (TPSA) is 94.5 Å². The van der Waals surface area contributed by atoms with Gasteiger partial charge < -0.3 is 29.0 Å². The summed E-state index contributed by atoms with van der Waals surface area (Å²) < 4.78 is 22.0. The SMILES string of the molecule is CCOc1cc(C2/C(=C(/O)c3cccc(OC(C)C)c3)C(=O)C(=O)N2CCOC)ccc1OC. The summed E-state index contributed by atoms with van der Waals surface area (Å²) in [6.07, 6.45) is -0.0618. The molecule has 0 aromatic heterocycles. The van der Waals surface area contributed by atoms with Gasteiger partial charge in [-0.2, -0.15) is 0 Å². The van der Waals surface area contributed by atoms with Gasteiger partial charge in [-0.1, -0.05) is 18.2 Å². The number of hydrogen-bond donors (Lipinski definition) is 1. The minimum Gasteiger partial charge on any atom is -0.507 e. The summed E-state index contributed by atoms with van der Waals surface area (Å²) in [5, 5.41) is 11.3. The third kappa shape index (κ3) is 5.17. The highest BCUT2D eigenvalue weighted by Gasteiger charge is 2.46. The number of carbonyl (C=O) groups is 2. The molecule has 3 rings (SSSR count). The molecule has 0 spiro atoms. The fraction of sp³-hybridized carbons (Fsp3) is 0.385. The molecule has 0 bridgehead atoms. The summed E-state index contributed by atoms with van der Waals surface area (Å²) >= 11 is 0. The molecule has 1 heterocycles. The lowest BCUT2D eigenvalue weighted by Crippen LogP contribution is -2.32. The molecule has 0 aliphatic carbocycles. The number of aliphatic hydroxyl groups is 1. The van der Waals surface area contributed by atoms with Crippen molar-refractivity contribution in [2.45, 2.75) is 32.9 Å². The number of likely N-dealkylation sites (tertiary alicyclic amines) is 1. The number of rotatable bonds is 10. The van der Waals surface area contributed by atoms with Gasteiger partial charge in [0, 0.05) is 19.2 Å². The van der Waals surface area contributed by atoms with Crippen molar-refractivity contribution in [1.82, 2.24) is 4.90 Å². The first-order valence-corrected chi connectivity index (χ1v) is 11.2. The highest BCUT2D eigenvalue weighted by molar-refractivity contribution is 6.46. The van der Waals surface area contributed by atoms with Crippen LogP contribution in [0.4, 0.5) is 0 Å². The van der Waals surface area contributed by atoms with E-state index in [0.29, 0.717) is 35.0 Å². The van der Waals surface area contributed by atoms with Crippen molar-refractivity contribution in [2.24, 2.45) is 0 Å². The summed E-state index contributed by atoms with van der Waals surface area (Å²) in [5.74, 6) is -0.182. The third-order valence-electron chi connectivity index (χ3n) is 5.36. The van der Waals surface area contributed by atoms with Gasteiger partial charge in [0.25, 0.3) is 11.7 Å². The van der Waals surface area contributed by atoms with Crippen molar-refractivity contribution < 1.29 is 33.6 Å². The Morgan fingerprint density at radius 3 is 2.50 bits per heavy atom. The molecule has 8 nitrogen and oxygen atoms in total. The van der Waals surface area contributed by atoms with Gasteiger partial charge >= 0.3 is 0 Å². The van der Waals surface area contributed by atoms with Gasteiger partial charge in [0.05, 0.1) is 38.0 Å². The highest BCUT2D eigenvalue weighted by Crippen LogP contribution is 2.42. The second kappa shape index (κ2) is 11.1. The van der Waals surface area contributed by atoms with E-state index in [1.165, 1.54) is 19.1 Å². The molecule has 1 aliphatic rings. The zero-order valence-corrected chi connectivity index (χ0v) is 20.2. The Labute approximate surface area is 199 Å². The number of ketones is 1. The number of benzene rings is 2. The maximum absolute atomic E-state index is 13.1. The normalized spacial score (nSPS) is 17.4. The van der Waals surface area contributed by atoms with E-state index in [2.05, 4.69) is 0 Å². The molecular weight excluding hydrogens is 438 g/mol. The number of aliphatic hydroxyl groups excluding tert-OH is 1. The third-order valence-corrected chi connectivity index (χ3v) is 5.36. The zero-order chi connectivity index (χ0) is 24.8. The van der Waals surface area contributed by atoms with E-state index in [1.54, 1.807) is 42.5 Å². The van der Waals surface area contributed by atoms with Crippen molar-refractivity contribution in [3.8, 4) is 17.2 Å². The van der Waals surface area contributed by atoms with Crippen molar-refractivity contribution in [2.75, 3.05) is 34.0 Å². The summed E-state index contributed by atoms with van der Waals surface area (Å²) in [6, 6.07) is 11.2. The molecule has 1 unspecified atom stereocenters. The lowest BCUT2D eigenvalue weighted by Gasteiger charge is -2.25. The molecule has 0 radical (unpaired) electrons. The number of carbonyl (C=O) groups excluding carboxylic acids is 2. The van der Waals surface area contributed by atoms with Crippen LogP contribution in [0, 0.1) is 0 Å². The molecule has 1 fully saturated rings. The smallest absolute Gasteiger partial charge is 0.295 e. The number of methoxy groups -OCH3 is 2. The molecule has 1 atom stereocenters. The average Bonchev–Trinajstić information content (AvgIpc) is 3.07. The van der Waals surface area contributed by atoms with E-state index in [1.807, 2.05) is 20.8 Å². The Kier molecular flexibility index (Phi) is 8.17. The highest BCUT2D eigenvalue weighted by atomic mass is 16.5. The Morgan fingerprint density at radius 2 is 1.85 bits per heavy atom. The molecular formula is C26H31NO7. The molecule has 34 heavy (non-hydrogen) atoms. The minimum absolute atomic E-state index is 0.00425. The monoisotopic (exact) mass is 469 g/mol. The largest absolute Gasteiger partial charge is 0.507 e. The number of hydrogen-bond acceptors (Lipinski definition) is 7. The van der Waals surface area contributed by atoms with E-state index in [0.717, 1.165) is 0 Å². The number of nitrogens with zero attached hydrogens (tertiary/aromatic N) is 1. The van der Waals surface area contributed by atoms with Gasteiger partial charge in [-0.3, -0.25) is 9.59 Å². The van der Waals surface area contributed by atoms with Crippen molar-refractivity contribution in [1.29, 1.82) is 0 Å². The number of amides is 1. The Hall–Kier alpha value is -3.52. The summed E-state index contributed by atoms with van der Waals surface area (Å²) in [5.41, 5.74) is 0.984. The van der Waals surface area contributed by atoms with Crippen LogP contribution >= 0.6 is 0 Å².